The smallest absolute Gasteiger partial charge is 0.0737 e. The van der Waals surface area contributed by atoms with Crippen LogP contribution in [0.5, 0.6) is 0 Å². The molecule has 0 bridgehead atoms. The van der Waals surface area contributed by atoms with Gasteiger partial charge in [-0.1, -0.05) is 11.6 Å². The second-order valence-corrected chi connectivity index (χ2v) is 7.97. The van der Waals surface area contributed by atoms with Crippen molar-refractivity contribution in [2.24, 2.45) is 5.41 Å². The monoisotopic (exact) mass is 359 g/mol. The minimum atomic E-state index is 0.425. The van der Waals surface area contributed by atoms with Crippen LogP contribution in [0.2, 0.25) is 5.02 Å². The summed E-state index contributed by atoms with van der Waals surface area (Å²) in [5.41, 5.74) is 2.71. The quantitative estimate of drug-likeness (QED) is 0.829. The van der Waals surface area contributed by atoms with Crippen molar-refractivity contribution in [2.75, 3.05) is 51.3 Å². The number of hydrogen-bond acceptors (Lipinski definition) is 4. The van der Waals surface area contributed by atoms with Crippen LogP contribution in [0.15, 0.2) is 30.5 Å². The molecule has 0 N–H and O–H groups in total. The van der Waals surface area contributed by atoms with E-state index in [9.17, 15) is 0 Å². The Morgan fingerprint density at radius 2 is 2.12 bits per heavy atom. The average Bonchev–Trinajstić information content (AvgIpc) is 3.02. The van der Waals surface area contributed by atoms with E-state index >= 15 is 0 Å². The number of benzene rings is 1. The van der Waals surface area contributed by atoms with Crippen molar-refractivity contribution in [1.82, 2.24) is 9.88 Å². The molecule has 0 aliphatic carbocycles. The van der Waals surface area contributed by atoms with Crippen LogP contribution in [0.4, 0.5) is 5.69 Å². The Balaban J connectivity index is 1.54. The number of aromatic nitrogens is 1. The first-order valence-electron chi connectivity index (χ1n) is 9.20. The lowest BCUT2D eigenvalue weighted by atomic mass is 9.79. The highest BCUT2D eigenvalue weighted by atomic mass is 35.5. The highest BCUT2D eigenvalue weighted by Crippen LogP contribution is 2.42. The van der Waals surface area contributed by atoms with Crippen LogP contribution in [-0.2, 0) is 4.74 Å². The molecule has 1 aromatic heterocycles. The molecule has 4 rings (SSSR count). The van der Waals surface area contributed by atoms with Crippen molar-refractivity contribution >= 4 is 28.2 Å². The number of likely N-dealkylation sites (tertiary alicyclic amines) is 1. The number of pyridine rings is 1. The van der Waals surface area contributed by atoms with Gasteiger partial charge in [-0.2, -0.15) is 0 Å². The van der Waals surface area contributed by atoms with Gasteiger partial charge in [0.05, 0.1) is 12.1 Å². The van der Waals surface area contributed by atoms with E-state index in [1.54, 1.807) is 7.11 Å². The fourth-order valence-electron chi connectivity index (χ4n) is 4.58. The molecule has 1 spiro atoms. The summed E-state index contributed by atoms with van der Waals surface area (Å²) in [6.07, 6.45) is 5.81. The number of fused-ring (bicyclic) bond motifs is 1. The molecule has 2 fully saturated rings. The highest BCUT2D eigenvalue weighted by molar-refractivity contribution is 6.31. The topological polar surface area (TPSA) is 28.6 Å². The molecule has 5 heteroatoms. The SMILES string of the molecule is COCCN1CCCC2(CCN(c3ccnc4cc(Cl)ccc34)C2)C1. The third-order valence-electron chi connectivity index (χ3n) is 5.81. The third-order valence-corrected chi connectivity index (χ3v) is 6.05. The van der Waals surface area contributed by atoms with Gasteiger partial charge in [0.15, 0.2) is 0 Å². The van der Waals surface area contributed by atoms with Gasteiger partial charge < -0.3 is 14.5 Å². The molecule has 2 saturated heterocycles. The molecule has 0 radical (unpaired) electrons. The minimum absolute atomic E-state index is 0.425. The molecule has 1 aromatic carbocycles. The Morgan fingerprint density at radius 3 is 3.00 bits per heavy atom. The summed E-state index contributed by atoms with van der Waals surface area (Å²) in [6.45, 7) is 6.55. The Labute approximate surface area is 154 Å². The highest BCUT2D eigenvalue weighted by Gasteiger charge is 2.41. The van der Waals surface area contributed by atoms with Crippen LogP contribution in [0.3, 0.4) is 0 Å². The van der Waals surface area contributed by atoms with Gasteiger partial charge in [0.2, 0.25) is 0 Å². The van der Waals surface area contributed by atoms with Crippen molar-refractivity contribution in [2.45, 2.75) is 19.3 Å². The van der Waals surface area contributed by atoms with Crippen molar-refractivity contribution in [1.29, 1.82) is 0 Å². The van der Waals surface area contributed by atoms with Crippen molar-refractivity contribution in [3.8, 4) is 0 Å². The summed E-state index contributed by atoms with van der Waals surface area (Å²) < 4.78 is 5.27. The van der Waals surface area contributed by atoms with Gasteiger partial charge in [-0.05, 0) is 50.1 Å². The lowest BCUT2D eigenvalue weighted by Crippen LogP contribution is -2.45. The molecule has 2 aromatic rings. The van der Waals surface area contributed by atoms with E-state index in [-0.39, 0.29) is 0 Å². The molecule has 2 aliphatic heterocycles. The Morgan fingerprint density at radius 1 is 1.20 bits per heavy atom. The fraction of sp³-hybridized carbons (Fsp3) is 0.550. The predicted molar refractivity (Wildman–Crippen MR) is 104 cm³/mol. The summed E-state index contributed by atoms with van der Waals surface area (Å²) in [5.74, 6) is 0. The third kappa shape index (κ3) is 3.48. The number of hydrogen-bond donors (Lipinski definition) is 0. The van der Waals surface area contributed by atoms with E-state index in [0.717, 1.165) is 36.8 Å². The van der Waals surface area contributed by atoms with E-state index in [1.807, 2.05) is 18.3 Å². The van der Waals surface area contributed by atoms with Crippen LogP contribution < -0.4 is 4.90 Å². The number of ether oxygens (including phenoxy) is 1. The van der Waals surface area contributed by atoms with Crippen molar-refractivity contribution in [3.63, 3.8) is 0 Å². The molecule has 0 amide bonds. The van der Waals surface area contributed by atoms with E-state index in [4.69, 9.17) is 16.3 Å². The summed E-state index contributed by atoms with van der Waals surface area (Å²) in [7, 11) is 1.79. The molecular formula is C20H26ClN3O. The molecule has 3 heterocycles. The Kier molecular flexibility index (Phi) is 4.85. The van der Waals surface area contributed by atoms with Gasteiger partial charge in [-0.25, -0.2) is 0 Å². The van der Waals surface area contributed by atoms with Crippen LogP contribution in [0.25, 0.3) is 10.9 Å². The van der Waals surface area contributed by atoms with E-state index in [2.05, 4.69) is 26.9 Å². The van der Waals surface area contributed by atoms with Crippen LogP contribution in [0, 0.1) is 5.41 Å². The molecular weight excluding hydrogens is 334 g/mol. The number of anilines is 1. The summed E-state index contributed by atoms with van der Waals surface area (Å²) in [6, 6.07) is 8.19. The first-order chi connectivity index (χ1) is 12.2. The molecule has 25 heavy (non-hydrogen) atoms. The second-order valence-electron chi connectivity index (χ2n) is 7.54. The standard InChI is InChI=1S/C20H26ClN3O/c1-25-12-11-23-9-2-6-20(14-23)7-10-24(15-20)19-5-8-22-18-13-16(21)3-4-17(18)19/h3-5,8,13H,2,6-7,9-12,14-15H2,1H3. The zero-order valence-electron chi connectivity index (χ0n) is 14.9. The number of methoxy groups -OCH3 is 1. The Bertz CT molecular complexity index is 753. The summed E-state index contributed by atoms with van der Waals surface area (Å²) in [4.78, 5) is 9.63. The normalized spacial score (nSPS) is 24.5. The van der Waals surface area contributed by atoms with Gasteiger partial charge in [0.1, 0.15) is 0 Å². The predicted octanol–water partition coefficient (Wildman–Crippen LogP) is 3.83. The van der Waals surface area contributed by atoms with Crippen LogP contribution >= 0.6 is 11.6 Å². The second kappa shape index (κ2) is 7.10. The molecule has 134 valence electrons. The summed E-state index contributed by atoms with van der Waals surface area (Å²) >= 11 is 6.14. The van der Waals surface area contributed by atoms with Gasteiger partial charge in [0, 0.05) is 61.0 Å². The van der Waals surface area contributed by atoms with Gasteiger partial charge in [-0.3, -0.25) is 4.98 Å². The molecule has 1 atom stereocenters. The lowest BCUT2D eigenvalue weighted by Gasteiger charge is -2.40. The number of nitrogens with zero attached hydrogens (tertiary/aromatic N) is 3. The molecule has 4 nitrogen and oxygen atoms in total. The van der Waals surface area contributed by atoms with Crippen molar-refractivity contribution in [3.05, 3.63) is 35.5 Å². The number of piperidine rings is 1. The van der Waals surface area contributed by atoms with Crippen LogP contribution in [-0.4, -0.2) is 56.3 Å². The van der Waals surface area contributed by atoms with E-state index < -0.39 is 0 Å². The van der Waals surface area contributed by atoms with E-state index in [0.29, 0.717) is 5.41 Å². The van der Waals surface area contributed by atoms with Crippen LogP contribution in [0.1, 0.15) is 19.3 Å². The average molecular weight is 360 g/mol. The minimum Gasteiger partial charge on any atom is -0.383 e. The number of rotatable bonds is 4. The number of halogens is 1. The maximum absolute atomic E-state index is 6.14. The zero-order valence-corrected chi connectivity index (χ0v) is 15.6. The van der Waals surface area contributed by atoms with Gasteiger partial charge in [-0.15, -0.1) is 0 Å². The Hall–Kier alpha value is -1.36. The first kappa shape index (κ1) is 17.1. The van der Waals surface area contributed by atoms with E-state index in [1.165, 1.54) is 43.4 Å². The molecule has 1 unspecified atom stereocenters. The van der Waals surface area contributed by atoms with Crippen molar-refractivity contribution < 1.29 is 4.74 Å². The zero-order chi connectivity index (χ0) is 17.3. The maximum Gasteiger partial charge on any atom is 0.0737 e. The first-order valence-corrected chi connectivity index (χ1v) is 9.57. The lowest BCUT2D eigenvalue weighted by molar-refractivity contribution is 0.0756. The molecule has 0 saturated carbocycles. The summed E-state index contributed by atoms with van der Waals surface area (Å²) in [5, 5.41) is 1.95. The fourth-order valence-corrected chi connectivity index (χ4v) is 4.74. The van der Waals surface area contributed by atoms with Gasteiger partial charge >= 0.3 is 0 Å². The van der Waals surface area contributed by atoms with Gasteiger partial charge in [0.25, 0.3) is 0 Å². The largest absolute Gasteiger partial charge is 0.383 e. The molecule has 2 aliphatic rings. The maximum atomic E-state index is 6.14.